The summed E-state index contributed by atoms with van der Waals surface area (Å²) in [5, 5.41) is 7.73. The number of benzene rings is 3. The third kappa shape index (κ3) is 6.16. The molecule has 1 N–H and O–H groups in total. The molecule has 0 fully saturated rings. The van der Waals surface area contributed by atoms with Gasteiger partial charge in [0.05, 0.1) is 28.7 Å². The monoisotopic (exact) mass is 704 g/mol. The summed E-state index contributed by atoms with van der Waals surface area (Å²) in [5.41, 5.74) is 1.62. The van der Waals surface area contributed by atoms with Gasteiger partial charge in [-0.05, 0) is 68.3 Å². The molecule has 4 rings (SSSR count). The van der Waals surface area contributed by atoms with Gasteiger partial charge in [0.25, 0.3) is 11.5 Å². The number of carbonyl (C=O) groups is 1. The number of hydrogen-bond donors (Lipinski definition) is 1. The van der Waals surface area contributed by atoms with E-state index in [9.17, 15) is 9.59 Å². The summed E-state index contributed by atoms with van der Waals surface area (Å²) in [7, 11) is 1.50. The van der Waals surface area contributed by atoms with Gasteiger partial charge in [-0.25, -0.2) is 4.98 Å². The van der Waals surface area contributed by atoms with Crippen molar-refractivity contribution in [3.8, 4) is 11.5 Å². The first-order valence-electron chi connectivity index (χ1n) is 11.5. The van der Waals surface area contributed by atoms with Crippen molar-refractivity contribution in [1.29, 1.82) is 0 Å². The van der Waals surface area contributed by atoms with E-state index in [2.05, 4.69) is 63.2 Å². The van der Waals surface area contributed by atoms with Crippen LogP contribution in [0.5, 0.6) is 11.5 Å². The Hall–Kier alpha value is -3.02. The standard InChI is InChI=1S/C27H23Br3N4O4/c1-15(2)26-33-20-10-9-17(28)12-19(20)27(36)34(26)31-13-16-11-21(37-3)25(24(30)23(16)29)38-14-22(35)32-18-7-5-4-6-8-18/h4-13,15H,14H2,1-3H3,(H,32,35). The number of para-hydroxylation sites is 1. The number of methoxy groups -OCH3 is 1. The molecule has 4 aromatic rings. The zero-order chi connectivity index (χ0) is 27.4. The number of hydrogen-bond acceptors (Lipinski definition) is 6. The van der Waals surface area contributed by atoms with Crippen LogP contribution in [-0.4, -0.2) is 35.5 Å². The highest BCUT2D eigenvalue weighted by Gasteiger charge is 2.19. The van der Waals surface area contributed by atoms with Gasteiger partial charge in [0, 0.05) is 26.1 Å². The maximum Gasteiger partial charge on any atom is 0.282 e. The zero-order valence-electron chi connectivity index (χ0n) is 20.7. The Morgan fingerprint density at radius 2 is 1.84 bits per heavy atom. The molecule has 0 unspecified atom stereocenters. The van der Waals surface area contributed by atoms with Crippen LogP contribution in [0.25, 0.3) is 10.9 Å². The van der Waals surface area contributed by atoms with Crippen molar-refractivity contribution < 1.29 is 14.3 Å². The summed E-state index contributed by atoms with van der Waals surface area (Å²) < 4.78 is 14.5. The fraction of sp³-hybridized carbons (Fsp3) is 0.185. The SMILES string of the molecule is COc1cc(C=Nn2c(C(C)C)nc3ccc(Br)cc3c2=O)c(Br)c(Br)c1OCC(=O)Nc1ccccc1. The number of halogens is 3. The maximum atomic E-state index is 13.3. The first-order chi connectivity index (χ1) is 18.2. The molecule has 0 aliphatic heterocycles. The lowest BCUT2D eigenvalue weighted by Crippen LogP contribution is -2.23. The minimum Gasteiger partial charge on any atom is -0.493 e. The number of fused-ring (bicyclic) bond motifs is 1. The maximum absolute atomic E-state index is 13.3. The van der Waals surface area contributed by atoms with E-state index in [1.54, 1.807) is 36.5 Å². The van der Waals surface area contributed by atoms with Crippen molar-refractivity contribution in [2.45, 2.75) is 19.8 Å². The molecular formula is C27H23Br3N4O4. The van der Waals surface area contributed by atoms with Crippen LogP contribution in [0.3, 0.4) is 0 Å². The Kier molecular flexibility index (Phi) is 9.01. The van der Waals surface area contributed by atoms with Crippen LogP contribution in [0, 0.1) is 0 Å². The van der Waals surface area contributed by atoms with Crippen molar-refractivity contribution in [3.05, 3.63) is 89.8 Å². The number of carbonyl (C=O) groups excluding carboxylic acids is 1. The molecule has 1 amide bonds. The van der Waals surface area contributed by atoms with Crippen molar-refractivity contribution >= 4 is 76.5 Å². The Bertz CT molecular complexity index is 1590. The fourth-order valence-electron chi connectivity index (χ4n) is 3.61. The topological polar surface area (TPSA) is 94.8 Å². The molecule has 0 saturated heterocycles. The molecule has 0 saturated carbocycles. The van der Waals surface area contributed by atoms with E-state index in [1.165, 1.54) is 11.8 Å². The minimum atomic E-state index is -0.317. The van der Waals surface area contributed by atoms with Crippen LogP contribution in [0.2, 0.25) is 0 Å². The van der Waals surface area contributed by atoms with Gasteiger partial charge in [-0.1, -0.05) is 48.0 Å². The Morgan fingerprint density at radius 1 is 1.11 bits per heavy atom. The molecule has 0 bridgehead atoms. The van der Waals surface area contributed by atoms with Gasteiger partial charge in [-0.3, -0.25) is 9.59 Å². The van der Waals surface area contributed by atoms with E-state index in [1.807, 2.05) is 38.1 Å². The van der Waals surface area contributed by atoms with E-state index in [0.717, 1.165) is 4.47 Å². The predicted molar refractivity (Wildman–Crippen MR) is 160 cm³/mol. The summed E-state index contributed by atoms with van der Waals surface area (Å²) in [4.78, 5) is 30.4. The molecule has 3 aromatic carbocycles. The summed E-state index contributed by atoms with van der Waals surface area (Å²) >= 11 is 10.5. The number of aromatic nitrogens is 2. The molecule has 196 valence electrons. The predicted octanol–water partition coefficient (Wildman–Crippen LogP) is 6.72. The third-order valence-corrected chi connectivity index (χ3v) is 8.08. The molecule has 0 spiro atoms. The number of nitrogens with zero attached hydrogens (tertiary/aromatic N) is 3. The summed E-state index contributed by atoms with van der Waals surface area (Å²) in [6.45, 7) is 3.68. The smallest absolute Gasteiger partial charge is 0.282 e. The van der Waals surface area contributed by atoms with Crippen LogP contribution in [0.1, 0.15) is 31.2 Å². The molecule has 8 nitrogen and oxygen atoms in total. The Morgan fingerprint density at radius 3 is 2.53 bits per heavy atom. The first-order valence-corrected chi connectivity index (χ1v) is 13.9. The van der Waals surface area contributed by atoms with E-state index in [4.69, 9.17) is 9.47 Å². The molecule has 0 radical (unpaired) electrons. The largest absolute Gasteiger partial charge is 0.493 e. The lowest BCUT2D eigenvalue weighted by Gasteiger charge is -2.15. The van der Waals surface area contributed by atoms with Gasteiger partial charge >= 0.3 is 0 Å². The number of amides is 1. The van der Waals surface area contributed by atoms with Crippen molar-refractivity contribution in [3.63, 3.8) is 0 Å². The zero-order valence-corrected chi connectivity index (χ0v) is 25.4. The van der Waals surface area contributed by atoms with E-state index < -0.39 is 0 Å². The van der Waals surface area contributed by atoms with Gasteiger partial charge < -0.3 is 14.8 Å². The fourth-order valence-corrected chi connectivity index (χ4v) is 4.91. The van der Waals surface area contributed by atoms with Crippen molar-refractivity contribution in [1.82, 2.24) is 9.66 Å². The van der Waals surface area contributed by atoms with Crippen molar-refractivity contribution in [2.75, 3.05) is 19.0 Å². The normalized spacial score (nSPS) is 11.3. The van der Waals surface area contributed by atoms with Crippen LogP contribution in [-0.2, 0) is 4.79 Å². The molecule has 1 aromatic heterocycles. The van der Waals surface area contributed by atoms with Crippen LogP contribution in [0.4, 0.5) is 5.69 Å². The van der Waals surface area contributed by atoms with E-state index >= 15 is 0 Å². The second-order valence-corrected chi connectivity index (χ2v) is 11.0. The number of anilines is 1. The third-order valence-electron chi connectivity index (χ3n) is 5.44. The highest BCUT2D eigenvalue weighted by molar-refractivity contribution is 9.13. The molecule has 38 heavy (non-hydrogen) atoms. The summed E-state index contributed by atoms with van der Waals surface area (Å²) in [6, 6.07) is 16.2. The highest BCUT2D eigenvalue weighted by Crippen LogP contribution is 2.42. The molecule has 0 aliphatic carbocycles. The van der Waals surface area contributed by atoms with E-state index in [0.29, 0.717) is 48.4 Å². The first kappa shape index (κ1) is 28.0. The van der Waals surface area contributed by atoms with Crippen LogP contribution < -0.4 is 20.3 Å². The molecule has 0 aliphatic rings. The summed E-state index contributed by atoms with van der Waals surface area (Å²) in [5.74, 6) is 0.897. The molecule has 1 heterocycles. The molecular weight excluding hydrogens is 684 g/mol. The Balaban J connectivity index is 1.65. The van der Waals surface area contributed by atoms with Gasteiger partial charge in [-0.2, -0.15) is 9.78 Å². The van der Waals surface area contributed by atoms with Crippen LogP contribution in [0.15, 0.2) is 77.9 Å². The second-order valence-electron chi connectivity index (χ2n) is 8.48. The summed E-state index contributed by atoms with van der Waals surface area (Å²) in [6.07, 6.45) is 1.54. The average molecular weight is 707 g/mol. The average Bonchev–Trinajstić information content (AvgIpc) is 2.90. The van der Waals surface area contributed by atoms with Crippen LogP contribution >= 0.6 is 47.8 Å². The van der Waals surface area contributed by atoms with Gasteiger partial charge in [0.1, 0.15) is 5.82 Å². The second kappa shape index (κ2) is 12.2. The van der Waals surface area contributed by atoms with Gasteiger partial charge in [0.2, 0.25) is 0 Å². The molecule has 0 atom stereocenters. The number of nitrogens with one attached hydrogen (secondary N) is 1. The quantitative estimate of drug-likeness (QED) is 0.206. The number of rotatable bonds is 8. The number of ether oxygens (including phenoxy) is 2. The lowest BCUT2D eigenvalue weighted by atomic mass is 10.2. The molecule has 11 heteroatoms. The van der Waals surface area contributed by atoms with Gasteiger partial charge in [-0.15, -0.1) is 0 Å². The Labute approximate surface area is 244 Å². The minimum absolute atomic E-state index is 0.0459. The van der Waals surface area contributed by atoms with Crippen molar-refractivity contribution in [2.24, 2.45) is 5.10 Å². The lowest BCUT2D eigenvalue weighted by molar-refractivity contribution is -0.118. The van der Waals surface area contributed by atoms with Gasteiger partial charge in [0.15, 0.2) is 18.1 Å². The highest BCUT2D eigenvalue weighted by atomic mass is 79.9. The van der Waals surface area contributed by atoms with E-state index in [-0.39, 0.29) is 24.0 Å².